The van der Waals surface area contributed by atoms with Crippen LogP contribution in [0.5, 0.6) is 0 Å². The van der Waals surface area contributed by atoms with Crippen LogP contribution in [0.15, 0.2) is 6.07 Å². The molecule has 110 valence electrons. The van der Waals surface area contributed by atoms with Gasteiger partial charge in [0.2, 0.25) is 0 Å². The van der Waals surface area contributed by atoms with Gasteiger partial charge in [-0.05, 0) is 45.2 Å². The van der Waals surface area contributed by atoms with Crippen LogP contribution in [0.1, 0.15) is 47.3 Å². The lowest BCUT2D eigenvalue weighted by atomic mass is 10.1. The van der Waals surface area contributed by atoms with Crippen molar-refractivity contribution in [2.45, 2.75) is 45.8 Å². The van der Waals surface area contributed by atoms with Crippen molar-refractivity contribution in [3.05, 3.63) is 21.4 Å². The Morgan fingerprint density at radius 3 is 2.70 bits per heavy atom. The van der Waals surface area contributed by atoms with Crippen LogP contribution in [-0.2, 0) is 17.7 Å². The number of amides is 1. The molecule has 6 heteroatoms. The van der Waals surface area contributed by atoms with E-state index < -0.39 is 11.6 Å². The molecule has 1 aromatic heterocycles. The zero-order valence-corrected chi connectivity index (χ0v) is 12.7. The topological polar surface area (TPSA) is 66.8 Å². The first-order valence-corrected chi connectivity index (χ1v) is 7.41. The number of carbonyl (C=O) groups excluding carboxylic acids is 1. The number of thiophene rings is 1. The molecule has 0 atom stereocenters. The van der Waals surface area contributed by atoms with Gasteiger partial charge in [-0.1, -0.05) is 0 Å². The second-order valence-corrected chi connectivity index (χ2v) is 7.01. The van der Waals surface area contributed by atoms with Crippen LogP contribution >= 0.6 is 11.3 Å². The van der Waals surface area contributed by atoms with E-state index in [1.807, 2.05) is 20.8 Å². The Balaban J connectivity index is 2.15. The zero-order chi connectivity index (χ0) is 14.9. The number of carboxylic acids is 1. The van der Waals surface area contributed by atoms with Gasteiger partial charge in [0, 0.05) is 11.4 Å². The molecule has 0 aliphatic carbocycles. The van der Waals surface area contributed by atoms with Crippen molar-refractivity contribution >= 4 is 23.4 Å². The Hall–Kier alpha value is -1.56. The molecule has 1 aromatic rings. The highest BCUT2D eigenvalue weighted by atomic mass is 32.1. The molecule has 2 heterocycles. The molecule has 1 N–H and O–H groups in total. The Labute approximate surface area is 122 Å². The van der Waals surface area contributed by atoms with Crippen molar-refractivity contribution in [1.29, 1.82) is 0 Å². The number of fused-ring (bicyclic) bond motifs is 1. The van der Waals surface area contributed by atoms with Crippen LogP contribution in [0.3, 0.4) is 0 Å². The number of nitrogens with zero attached hydrogens (tertiary/aromatic N) is 1. The van der Waals surface area contributed by atoms with E-state index in [-0.39, 0.29) is 6.09 Å². The molecule has 2 rings (SSSR count). The van der Waals surface area contributed by atoms with Gasteiger partial charge in [-0.15, -0.1) is 11.3 Å². The first-order valence-electron chi connectivity index (χ1n) is 6.59. The van der Waals surface area contributed by atoms with Crippen LogP contribution < -0.4 is 0 Å². The monoisotopic (exact) mass is 297 g/mol. The number of aromatic carboxylic acids is 1. The summed E-state index contributed by atoms with van der Waals surface area (Å²) in [4.78, 5) is 26.1. The lowest BCUT2D eigenvalue weighted by Gasteiger charge is -2.26. The average molecular weight is 297 g/mol. The number of hydrogen-bond donors (Lipinski definition) is 1. The number of hydrogen-bond acceptors (Lipinski definition) is 4. The van der Waals surface area contributed by atoms with Crippen LogP contribution in [0, 0.1) is 0 Å². The number of ether oxygens (including phenoxy) is 1. The van der Waals surface area contributed by atoms with Crippen LogP contribution in [-0.4, -0.2) is 34.2 Å². The fourth-order valence-corrected chi connectivity index (χ4v) is 3.18. The van der Waals surface area contributed by atoms with E-state index >= 15 is 0 Å². The van der Waals surface area contributed by atoms with E-state index in [0.29, 0.717) is 18.0 Å². The van der Waals surface area contributed by atoms with Gasteiger partial charge in [-0.2, -0.15) is 0 Å². The van der Waals surface area contributed by atoms with E-state index in [4.69, 9.17) is 9.84 Å². The molecule has 0 unspecified atom stereocenters. The molecule has 1 aliphatic rings. The molecule has 0 fully saturated rings. The number of aryl methyl sites for hydroxylation is 1. The van der Waals surface area contributed by atoms with Gasteiger partial charge >= 0.3 is 12.1 Å². The summed E-state index contributed by atoms with van der Waals surface area (Å²) in [5, 5.41) is 9.04. The minimum atomic E-state index is -0.910. The summed E-state index contributed by atoms with van der Waals surface area (Å²) >= 11 is 1.25. The normalized spacial score (nSPS) is 15.4. The highest BCUT2D eigenvalue weighted by Crippen LogP contribution is 2.28. The average Bonchev–Trinajstić information content (AvgIpc) is 2.59. The summed E-state index contributed by atoms with van der Waals surface area (Å²) in [6, 6.07) is 1.72. The lowest BCUT2D eigenvalue weighted by molar-refractivity contribution is 0.0238. The van der Waals surface area contributed by atoms with E-state index in [0.717, 1.165) is 23.3 Å². The molecule has 0 radical (unpaired) electrons. The highest BCUT2D eigenvalue weighted by molar-refractivity contribution is 7.14. The third kappa shape index (κ3) is 3.50. The second-order valence-electron chi connectivity index (χ2n) is 5.87. The second kappa shape index (κ2) is 5.44. The maximum Gasteiger partial charge on any atom is 0.410 e. The first kappa shape index (κ1) is 14.8. The number of carboxylic acid groups (broad SMARTS) is 1. The summed E-state index contributed by atoms with van der Waals surface area (Å²) in [6.45, 7) is 6.58. The Morgan fingerprint density at radius 1 is 1.40 bits per heavy atom. The minimum absolute atomic E-state index is 0.334. The van der Waals surface area contributed by atoms with Gasteiger partial charge < -0.3 is 14.7 Å². The molecule has 0 aromatic carbocycles. The predicted molar refractivity (Wildman–Crippen MR) is 76.2 cm³/mol. The molecule has 0 bridgehead atoms. The summed E-state index contributed by atoms with van der Waals surface area (Å²) in [5.41, 5.74) is 0.520. The van der Waals surface area contributed by atoms with Gasteiger partial charge in [0.1, 0.15) is 10.5 Å². The molecule has 1 aliphatic heterocycles. The van der Waals surface area contributed by atoms with E-state index in [9.17, 15) is 9.59 Å². The third-order valence-electron chi connectivity index (χ3n) is 2.97. The quantitative estimate of drug-likeness (QED) is 0.864. The zero-order valence-electron chi connectivity index (χ0n) is 11.9. The Morgan fingerprint density at radius 2 is 2.10 bits per heavy atom. The smallest absolute Gasteiger partial charge is 0.410 e. The van der Waals surface area contributed by atoms with E-state index in [2.05, 4.69) is 0 Å². The molecule has 0 saturated carbocycles. The Kier molecular flexibility index (Phi) is 4.04. The molecular weight excluding hydrogens is 278 g/mol. The first-order chi connectivity index (χ1) is 9.26. The van der Waals surface area contributed by atoms with Gasteiger partial charge in [-0.25, -0.2) is 9.59 Å². The van der Waals surface area contributed by atoms with Crippen molar-refractivity contribution in [3.63, 3.8) is 0 Å². The SMILES string of the molecule is CC(C)(C)OC(=O)N1CCCc2cc(C(=O)O)sc2C1. The molecule has 20 heavy (non-hydrogen) atoms. The van der Waals surface area contributed by atoms with Crippen LogP contribution in [0.4, 0.5) is 4.79 Å². The maximum atomic E-state index is 12.1. The van der Waals surface area contributed by atoms with Gasteiger partial charge in [-0.3, -0.25) is 0 Å². The van der Waals surface area contributed by atoms with Crippen molar-refractivity contribution in [2.24, 2.45) is 0 Å². The van der Waals surface area contributed by atoms with Gasteiger partial charge in [0.15, 0.2) is 0 Å². The molecule has 1 amide bonds. The van der Waals surface area contributed by atoms with Crippen molar-refractivity contribution in [1.82, 2.24) is 4.90 Å². The van der Waals surface area contributed by atoms with Crippen molar-refractivity contribution in [3.8, 4) is 0 Å². The maximum absolute atomic E-state index is 12.1. The third-order valence-corrected chi connectivity index (χ3v) is 4.12. The summed E-state index contributed by atoms with van der Waals surface area (Å²) in [5.74, 6) is -0.910. The summed E-state index contributed by atoms with van der Waals surface area (Å²) < 4.78 is 5.38. The molecule has 5 nitrogen and oxygen atoms in total. The van der Waals surface area contributed by atoms with Crippen LogP contribution in [0.2, 0.25) is 0 Å². The van der Waals surface area contributed by atoms with E-state index in [1.54, 1.807) is 11.0 Å². The van der Waals surface area contributed by atoms with E-state index in [1.165, 1.54) is 11.3 Å². The molecular formula is C14H19NO4S. The molecule has 0 saturated heterocycles. The summed E-state index contributed by atoms with van der Waals surface area (Å²) in [7, 11) is 0. The van der Waals surface area contributed by atoms with Crippen LogP contribution in [0.25, 0.3) is 0 Å². The fourth-order valence-electron chi connectivity index (χ4n) is 2.11. The van der Waals surface area contributed by atoms with Crippen molar-refractivity contribution < 1.29 is 19.4 Å². The fraction of sp³-hybridized carbons (Fsp3) is 0.571. The number of rotatable bonds is 1. The minimum Gasteiger partial charge on any atom is -0.477 e. The van der Waals surface area contributed by atoms with Gasteiger partial charge in [0.05, 0.1) is 6.54 Å². The molecule has 0 spiro atoms. The number of carbonyl (C=O) groups is 2. The van der Waals surface area contributed by atoms with Crippen molar-refractivity contribution in [2.75, 3.05) is 6.54 Å². The standard InChI is InChI=1S/C14H19NO4S/c1-14(2,3)19-13(18)15-6-4-5-9-7-10(12(16)17)20-11(9)8-15/h7H,4-6,8H2,1-3H3,(H,16,17). The summed E-state index contributed by atoms with van der Waals surface area (Å²) in [6.07, 6.45) is 1.29. The van der Waals surface area contributed by atoms with Gasteiger partial charge in [0.25, 0.3) is 0 Å². The highest BCUT2D eigenvalue weighted by Gasteiger charge is 2.26. The predicted octanol–water partition coefficient (Wildman–Crippen LogP) is 3.13. The lowest BCUT2D eigenvalue weighted by Crippen LogP contribution is -2.36. The Bertz CT molecular complexity index is 530. The largest absolute Gasteiger partial charge is 0.477 e.